The third kappa shape index (κ3) is 1.84. The van der Waals surface area contributed by atoms with Crippen LogP contribution in [0.3, 0.4) is 0 Å². The molecule has 0 saturated carbocycles. The van der Waals surface area contributed by atoms with Crippen LogP contribution in [0.1, 0.15) is 0 Å². The van der Waals surface area contributed by atoms with Crippen LogP contribution in [0.5, 0.6) is 5.75 Å². The summed E-state index contributed by atoms with van der Waals surface area (Å²) in [4.78, 5) is 0. The Morgan fingerprint density at radius 1 is 1.27 bits per heavy atom. The van der Waals surface area contributed by atoms with Crippen LogP contribution in [-0.4, -0.2) is 17.3 Å². The molecule has 15 heavy (non-hydrogen) atoms. The number of hydrogen-bond donors (Lipinski definition) is 2. The molecule has 6 heteroatoms. The molecule has 78 valence electrons. The van der Waals surface area contributed by atoms with Crippen molar-refractivity contribution in [1.82, 2.24) is 10.2 Å². The van der Waals surface area contributed by atoms with Gasteiger partial charge in [-0.15, -0.1) is 10.2 Å². The van der Waals surface area contributed by atoms with Gasteiger partial charge in [-0.1, -0.05) is 11.3 Å². The zero-order valence-electron chi connectivity index (χ0n) is 8.10. The Bertz CT molecular complexity index is 483. The van der Waals surface area contributed by atoms with Crippen LogP contribution in [0.2, 0.25) is 0 Å². The zero-order valence-corrected chi connectivity index (χ0v) is 8.91. The number of methoxy groups -OCH3 is 1. The molecule has 2 rings (SSSR count). The lowest BCUT2D eigenvalue weighted by atomic mass is 10.2. The summed E-state index contributed by atoms with van der Waals surface area (Å²) in [6.45, 7) is 0. The Labute approximate surface area is 90.7 Å². The fourth-order valence-electron chi connectivity index (χ4n) is 1.22. The number of nitrogen functional groups attached to an aromatic ring is 2. The first-order chi connectivity index (χ1) is 7.20. The highest BCUT2D eigenvalue weighted by molar-refractivity contribution is 7.18. The van der Waals surface area contributed by atoms with E-state index < -0.39 is 0 Å². The number of ether oxygens (including phenoxy) is 1. The second-order valence-electron chi connectivity index (χ2n) is 2.90. The molecule has 0 aliphatic rings. The summed E-state index contributed by atoms with van der Waals surface area (Å²) in [5, 5.41) is 8.86. The standard InChI is InChI=1S/C9H10N4OS/c1-14-7-3-2-5(4-6(7)10)8-12-13-9(11)15-8/h2-4H,10H2,1H3,(H2,11,13). The van der Waals surface area contributed by atoms with Crippen molar-refractivity contribution in [2.45, 2.75) is 0 Å². The topological polar surface area (TPSA) is 87.0 Å². The molecule has 4 N–H and O–H groups in total. The molecule has 1 aromatic heterocycles. The Morgan fingerprint density at radius 3 is 2.60 bits per heavy atom. The molecule has 0 saturated heterocycles. The van der Waals surface area contributed by atoms with Crippen molar-refractivity contribution in [3.63, 3.8) is 0 Å². The molecular formula is C9H10N4OS. The highest BCUT2D eigenvalue weighted by atomic mass is 32.1. The summed E-state index contributed by atoms with van der Waals surface area (Å²) >= 11 is 1.32. The summed E-state index contributed by atoms with van der Waals surface area (Å²) in [5.74, 6) is 0.649. The average Bonchev–Trinajstić information content (AvgIpc) is 2.65. The van der Waals surface area contributed by atoms with Gasteiger partial charge >= 0.3 is 0 Å². The van der Waals surface area contributed by atoms with Crippen LogP contribution in [-0.2, 0) is 0 Å². The first kappa shape index (κ1) is 9.72. The van der Waals surface area contributed by atoms with Crippen LogP contribution >= 0.6 is 11.3 Å². The minimum absolute atomic E-state index is 0.444. The quantitative estimate of drug-likeness (QED) is 0.749. The predicted octanol–water partition coefficient (Wildman–Crippen LogP) is 1.38. The van der Waals surface area contributed by atoms with E-state index in [1.165, 1.54) is 11.3 Å². The lowest BCUT2D eigenvalue weighted by Gasteiger charge is -2.04. The lowest BCUT2D eigenvalue weighted by molar-refractivity contribution is 0.417. The summed E-state index contributed by atoms with van der Waals surface area (Å²) in [7, 11) is 1.58. The van der Waals surface area contributed by atoms with Crippen LogP contribution in [0.4, 0.5) is 10.8 Å². The second-order valence-corrected chi connectivity index (χ2v) is 3.91. The highest BCUT2D eigenvalue weighted by Crippen LogP contribution is 2.30. The molecule has 0 aliphatic carbocycles. The molecule has 0 atom stereocenters. The van der Waals surface area contributed by atoms with Gasteiger partial charge in [-0.2, -0.15) is 0 Å². The van der Waals surface area contributed by atoms with Crippen molar-refractivity contribution < 1.29 is 4.74 Å². The Hall–Kier alpha value is -1.82. The number of aromatic nitrogens is 2. The number of nitrogens with zero attached hydrogens (tertiary/aromatic N) is 2. The monoisotopic (exact) mass is 222 g/mol. The Kier molecular flexibility index (Phi) is 2.42. The van der Waals surface area contributed by atoms with Gasteiger partial charge in [-0.3, -0.25) is 0 Å². The van der Waals surface area contributed by atoms with E-state index in [9.17, 15) is 0 Å². The zero-order chi connectivity index (χ0) is 10.8. The van der Waals surface area contributed by atoms with Crippen LogP contribution in [0, 0.1) is 0 Å². The molecule has 0 amide bonds. The molecule has 1 heterocycles. The van der Waals surface area contributed by atoms with Gasteiger partial charge in [0, 0.05) is 5.56 Å². The van der Waals surface area contributed by atoms with E-state index in [1.54, 1.807) is 19.2 Å². The van der Waals surface area contributed by atoms with Crippen LogP contribution in [0.25, 0.3) is 10.6 Å². The van der Waals surface area contributed by atoms with Crippen molar-refractivity contribution in [2.75, 3.05) is 18.6 Å². The number of anilines is 2. The molecule has 0 bridgehead atoms. The normalized spacial score (nSPS) is 10.2. The van der Waals surface area contributed by atoms with E-state index in [2.05, 4.69) is 10.2 Å². The molecule has 0 spiro atoms. The van der Waals surface area contributed by atoms with Gasteiger partial charge in [0.05, 0.1) is 12.8 Å². The summed E-state index contributed by atoms with van der Waals surface area (Å²) < 4.78 is 5.06. The second kappa shape index (κ2) is 3.74. The molecule has 0 aliphatic heterocycles. The van der Waals surface area contributed by atoms with E-state index in [1.807, 2.05) is 6.07 Å². The molecular weight excluding hydrogens is 212 g/mol. The van der Waals surface area contributed by atoms with Crippen LogP contribution < -0.4 is 16.2 Å². The van der Waals surface area contributed by atoms with Crippen molar-refractivity contribution >= 4 is 22.2 Å². The van der Waals surface area contributed by atoms with E-state index in [4.69, 9.17) is 16.2 Å². The fraction of sp³-hybridized carbons (Fsp3) is 0.111. The van der Waals surface area contributed by atoms with Gasteiger partial charge in [0.15, 0.2) is 0 Å². The predicted molar refractivity (Wildman–Crippen MR) is 60.7 cm³/mol. The number of rotatable bonds is 2. The highest BCUT2D eigenvalue weighted by Gasteiger charge is 2.07. The Balaban J connectivity index is 2.42. The van der Waals surface area contributed by atoms with Crippen molar-refractivity contribution in [1.29, 1.82) is 0 Å². The van der Waals surface area contributed by atoms with Gasteiger partial charge in [-0.25, -0.2) is 0 Å². The van der Waals surface area contributed by atoms with Crippen LogP contribution in [0.15, 0.2) is 18.2 Å². The SMILES string of the molecule is COc1ccc(-c2nnc(N)s2)cc1N. The summed E-state index contributed by atoms with van der Waals surface area (Å²) in [5.41, 5.74) is 12.7. The minimum atomic E-state index is 0.444. The van der Waals surface area contributed by atoms with E-state index in [0.717, 1.165) is 10.6 Å². The number of hydrogen-bond acceptors (Lipinski definition) is 6. The largest absolute Gasteiger partial charge is 0.495 e. The lowest BCUT2D eigenvalue weighted by Crippen LogP contribution is -1.92. The van der Waals surface area contributed by atoms with Gasteiger partial charge in [-0.05, 0) is 18.2 Å². The minimum Gasteiger partial charge on any atom is -0.495 e. The summed E-state index contributed by atoms with van der Waals surface area (Å²) in [6.07, 6.45) is 0. The van der Waals surface area contributed by atoms with E-state index in [-0.39, 0.29) is 0 Å². The first-order valence-corrected chi connectivity index (χ1v) is 5.05. The van der Waals surface area contributed by atoms with E-state index in [0.29, 0.717) is 16.6 Å². The van der Waals surface area contributed by atoms with Crippen molar-refractivity contribution in [2.24, 2.45) is 0 Å². The third-order valence-electron chi connectivity index (χ3n) is 1.92. The maximum Gasteiger partial charge on any atom is 0.203 e. The summed E-state index contributed by atoms with van der Waals surface area (Å²) in [6, 6.07) is 5.45. The fourth-order valence-corrected chi connectivity index (χ4v) is 1.82. The number of nitrogens with two attached hydrogens (primary N) is 2. The van der Waals surface area contributed by atoms with Gasteiger partial charge < -0.3 is 16.2 Å². The third-order valence-corrected chi connectivity index (χ3v) is 2.72. The Morgan fingerprint density at radius 2 is 2.07 bits per heavy atom. The van der Waals surface area contributed by atoms with Crippen molar-refractivity contribution in [3.8, 4) is 16.3 Å². The maximum absolute atomic E-state index is 5.78. The molecule has 1 aromatic carbocycles. The smallest absolute Gasteiger partial charge is 0.203 e. The van der Waals surface area contributed by atoms with Gasteiger partial charge in [0.1, 0.15) is 10.8 Å². The molecule has 5 nitrogen and oxygen atoms in total. The van der Waals surface area contributed by atoms with Crippen molar-refractivity contribution in [3.05, 3.63) is 18.2 Å². The molecule has 0 radical (unpaired) electrons. The van der Waals surface area contributed by atoms with E-state index >= 15 is 0 Å². The molecule has 0 fully saturated rings. The van der Waals surface area contributed by atoms with Gasteiger partial charge in [0.2, 0.25) is 5.13 Å². The van der Waals surface area contributed by atoms with Gasteiger partial charge in [0.25, 0.3) is 0 Å². The molecule has 0 unspecified atom stereocenters. The first-order valence-electron chi connectivity index (χ1n) is 4.23. The maximum atomic E-state index is 5.78. The number of benzene rings is 1. The average molecular weight is 222 g/mol. The molecule has 2 aromatic rings.